The normalized spacial score (nSPS) is 11.1. The van der Waals surface area contributed by atoms with E-state index in [2.05, 4.69) is 5.32 Å². The van der Waals surface area contributed by atoms with Gasteiger partial charge in [0, 0.05) is 10.7 Å². The van der Waals surface area contributed by atoms with E-state index in [1.807, 2.05) is 43.3 Å². The molecule has 0 heterocycles. The zero-order chi connectivity index (χ0) is 15.2. The van der Waals surface area contributed by atoms with Crippen molar-refractivity contribution in [3.63, 3.8) is 0 Å². The number of methoxy groups -OCH3 is 1. The van der Waals surface area contributed by atoms with Crippen LogP contribution in [0.4, 0.5) is 5.69 Å². The van der Waals surface area contributed by atoms with Crippen molar-refractivity contribution in [2.24, 2.45) is 0 Å². The van der Waals surface area contributed by atoms with Crippen LogP contribution in [-0.4, -0.2) is 13.0 Å². The monoisotopic (exact) mass is 301 g/mol. The molecule has 108 valence electrons. The van der Waals surface area contributed by atoms with E-state index in [1.165, 1.54) is 7.11 Å². The second-order valence-electron chi connectivity index (χ2n) is 4.58. The Kier molecular flexibility index (Phi) is 5.01. The van der Waals surface area contributed by atoms with Gasteiger partial charge >= 0.3 is 0 Å². The molecule has 0 aliphatic rings. The van der Waals surface area contributed by atoms with Gasteiger partial charge in [0.25, 0.3) is 5.91 Å². The Morgan fingerprint density at radius 3 is 2.29 bits per heavy atom. The smallest absolute Gasteiger partial charge is 0.290 e. The number of aryl methyl sites for hydroxylation is 1. The quantitative estimate of drug-likeness (QED) is 0.676. The molecular formula is C17H16ClNO2. The third-order valence-electron chi connectivity index (χ3n) is 2.92. The summed E-state index contributed by atoms with van der Waals surface area (Å²) < 4.78 is 5.16. The molecule has 1 amide bonds. The van der Waals surface area contributed by atoms with E-state index in [1.54, 1.807) is 18.2 Å². The number of amides is 1. The van der Waals surface area contributed by atoms with Crippen LogP contribution >= 0.6 is 11.6 Å². The van der Waals surface area contributed by atoms with Crippen LogP contribution in [0.2, 0.25) is 5.02 Å². The average Bonchev–Trinajstić information content (AvgIpc) is 2.49. The van der Waals surface area contributed by atoms with E-state index in [0.29, 0.717) is 5.02 Å². The second-order valence-corrected chi connectivity index (χ2v) is 5.02. The number of rotatable bonds is 4. The third-order valence-corrected chi connectivity index (χ3v) is 3.17. The molecule has 4 heteroatoms. The lowest BCUT2D eigenvalue weighted by atomic mass is 10.2. The molecule has 2 aromatic rings. The molecule has 0 aromatic heterocycles. The van der Waals surface area contributed by atoms with Gasteiger partial charge in [0.05, 0.1) is 7.11 Å². The lowest BCUT2D eigenvalue weighted by molar-refractivity contribution is -0.115. The highest BCUT2D eigenvalue weighted by Gasteiger charge is 2.10. The van der Waals surface area contributed by atoms with Gasteiger partial charge in [-0.2, -0.15) is 0 Å². The van der Waals surface area contributed by atoms with Crippen molar-refractivity contribution in [2.45, 2.75) is 6.92 Å². The van der Waals surface area contributed by atoms with E-state index >= 15 is 0 Å². The standard InChI is InChI=1S/C17H16ClNO2/c1-12-3-9-15(10-4-12)19-17(20)16(21-2)11-13-5-7-14(18)8-6-13/h3-11H,1-2H3,(H,19,20)/b16-11-. The molecule has 0 saturated carbocycles. The molecule has 0 aliphatic carbocycles. The molecular weight excluding hydrogens is 286 g/mol. The molecule has 0 bridgehead atoms. The number of halogens is 1. The first-order chi connectivity index (χ1) is 10.1. The first-order valence-corrected chi connectivity index (χ1v) is 6.85. The van der Waals surface area contributed by atoms with E-state index in [9.17, 15) is 4.79 Å². The van der Waals surface area contributed by atoms with Crippen molar-refractivity contribution in [1.82, 2.24) is 0 Å². The van der Waals surface area contributed by atoms with Crippen molar-refractivity contribution in [1.29, 1.82) is 0 Å². The minimum atomic E-state index is -0.295. The molecule has 0 spiro atoms. The number of carbonyl (C=O) groups is 1. The highest BCUT2D eigenvalue weighted by molar-refractivity contribution is 6.30. The number of benzene rings is 2. The lowest BCUT2D eigenvalue weighted by Gasteiger charge is -2.08. The maximum Gasteiger partial charge on any atom is 0.290 e. The van der Waals surface area contributed by atoms with E-state index < -0.39 is 0 Å². The summed E-state index contributed by atoms with van der Waals surface area (Å²) >= 11 is 5.83. The number of nitrogens with one attached hydrogen (secondary N) is 1. The van der Waals surface area contributed by atoms with Crippen molar-refractivity contribution >= 4 is 29.3 Å². The van der Waals surface area contributed by atoms with Gasteiger partial charge in [-0.05, 0) is 42.8 Å². The Balaban J connectivity index is 2.14. The zero-order valence-electron chi connectivity index (χ0n) is 11.9. The fourth-order valence-electron chi connectivity index (χ4n) is 1.76. The lowest BCUT2D eigenvalue weighted by Crippen LogP contribution is -2.15. The molecule has 0 unspecified atom stereocenters. The maximum atomic E-state index is 12.2. The van der Waals surface area contributed by atoms with Gasteiger partial charge in [0.15, 0.2) is 5.76 Å². The summed E-state index contributed by atoms with van der Waals surface area (Å²) in [6, 6.07) is 14.7. The van der Waals surface area contributed by atoms with E-state index in [0.717, 1.165) is 16.8 Å². The molecule has 2 aromatic carbocycles. The fourth-order valence-corrected chi connectivity index (χ4v) is 1.88. The Bertz CT molecular complexity index is 645. The van der Waals surface area contributed by atoms with E-state index in [4.69, 9.17) is 16.3 Å². The van der Waals surface area contributed by atoms with E-state index in [-0.39, 0.29) is 11.7 Å². The maximum absolute atomic E-state index is 12.2. The van der Waals surface area contributed by atoms with Gasteiger partial charge in [-0.3, -0.25) is 4.79 Å². The molecule has 3 nitrogen and oxygen atoms in total. The topological polar surface area (TPSA) is 38.3 Å². The average molecular weight is 302 g/mol. The Hall–Kier alpha value is -2.26. The van der Waals surface area contributed by atoms with Crippen LogP contribution in [0.3, 0.4) is 0 Å². The number of carbonyl (C=O) groups excluding carboxylic acids is 1. The summed E-state index contributed by atoms with van der Waals surface area (Å²) in [5, 5.41) is 3.44. The number of hydrogen-bond acceptors (Lipinski definition) is 2. The van der Waals surface area contributed by atoms with Crippen LogP contribution in [0.1, 0.15) is 11.1 Å². The minimum absolute atomic E-state index is 0.234. The van der Waals surface area contributed by atoms with Crippen LogP contribution in [0.5, 0.6) is 0 Å². The summed E-state index contributed by atoms with van der Waals surface area (Å²) in [6.07, 6.45) is 1.67. The number of hydrogen-bond donors (Lipinski definition) is 1. The SMILES string of the molecule is CO/C(=C\c1ccc(Cl)cc1)C(=O)Nc1ccc(C)cc1. The van der Waals surface area contributed by atoms with Crippen LogP contribution in [0, 0.1) is 6.92 Å². The first-order valence-electron chi connectivity index (χ1n) is 6.48. The Labute approximate surface area is 129 Å². The number of ether oxygens (including phenoxy) is 1. The molecule has 0 aliphatic heterocycles. The second kappa shape index (κ2) is 6.95. The molecule has 2 rings (SSSR count). The predicted octanol–water partition coefficient (Wildman–Crippen LogP) is 4.27. The van der Waals surface area contributed by atoms with Crippen molar-refractivity contribution < 1.29 is 9.53 Å². The number of anilines is 1. The van der Waals surface area contributed by atoms with Crippen LogP contribution < -0.4 is 5.32 Å². The summed E-state index contributed by atoms with van der Waals surface area (Å²) in [5.74, 6) is -0.0609. The van der Waals surface area contributed by atoms with Gasteiger partial charge in [-0.25, -0.2) is 0 Å². The Morgan fingerprint density at radius 1 is 1.10 bits per heavy atom. The molecule has 0 radical (unpaired) electrons. The van der Waals surface area contributed by atoms with Crippen LogP contribution in [0.15, 0.2) is 54.3 Å². The fraction of sp³-hybridized carbons (Fsp3) is 0.118. The molecule has 1 N–H and O–H groups in total. The van der Waals surface area contributed by atoms with Crippen LogP contribution in [-0.2, 0) is 9.53 Å². The summed E-state index contributed by atoms with van der Waals surface area (Å²) in [5.41, 5.74) is 2.71. The van der Waals surface area contributed by atoms with Gasteiger partial charge in [0.2, 0.25) is 0 Å². The third kappa shape index (κ3) is 4.36. The van der Waals surface area contributed by atoms with Gasteiger partial charge < -0.3 is 10.1 Å². The molecule has 0 saturated heterocycles. The molecule has 21 heavy (non-hydrogen) atoms. The molecule has 0 fully saturated rings. The van der Waals surface area contributed by atoms with Crippen molar-refractivity contribution in [2.75, 3.05) is 12.4 Å². The summed E-state index contributed by atoms with van der Waals surface area (Å²) in [4.78, 5) is 12.2. The van der Waals surface area contributed by atoms with Crippen LogP contribution in [0.25, 0.3) is 6.08 Å². The highest BCUT2D eigenvalue weighted by atomic mass is 35.5. The first kappa shape index (κ1) is 15.1. The largest absolute Gasteiger partial charge is 0.491 e. The van der Waals surface area contributed by atoms with Gasteiger partial charge in [0.1, 0.15) is 0 Å². The molecule has 0 atom stereocenters. The van der Waals surface area contributed by atoms with Gasteiger partial charge in [-0.15, -0.1) is 0 Å². The van der Waals surface area contributed by atoms with Crippen molar-refractivity contribution in [3.8, 4) is 0 Å². The predicted molar refractivity (Wildman–Crippen MR) is 86.2 cm³/mol. The summed E-state index contributed by atoms with van der Waals surface area (Å²) in [7, 11) is 1.47. The Morgan fingerprint density at radius 2 is 1.71 bits per heavy atom. The van der Waals surface area contributed by atoms with Gasteiger partial charge in [-0.1, -0.05) is 41.4 Å². The zero-order valence-corrected chi connectivity index (χ0v) is 12.6. The minimum Gasteiger partial charge on any atom is -0.491 e. The highest BCUT2D eigenvalue weighted by Crippen LogP contribution is 2.15. The van der Waals surface area contributed by atoms with Crippen molar-refractivity contribution in [3.05, 3.63) is 70.4 Å². The summed E-state index contributed by atoms with van der Waals surface area (Å²) in [6.45, 7) is 1.99.